The second kappa shape index (κ2) is 4.53. The van der Waals surface area contributed by atoms with Gasteiger partial charge in [-0.2, -0.15) is 0 Å². The van der Waals surface area contributed by atoms with Gasteiger partial charge < -0.3 is 9.88 Å². The first kappa shape index (κ1) is 11.4. The Bertz CT molecular complexity index is 584. The van der Waals surface area contributed by atoms with Crippen molar-refractivity contribution in [3.05, 3.63) is 30.1 Å². The molecule has 0 bridgehead atoms. The maximum atomic E-state index is 11.9. The maximum absolute atomic E-state index is 11.9. The van der Waals surface area contributed by atoms with Gasteiger partial charge in [0.15, 0.2) is 5.78 Å². The van der Waals surface area contributed by atoms with Crippen molar-refractivity contribution >= 4 is 16.8 Å². The van der Waals surface area contributed by atoms with Crippen LogP contribution in [0, 0.1) is 0 Å². The lowest BCUT2D eigenvalue weighted by Crippen LogP contribution is -2.13. The fourth-order valence-corrected chi connectivity index (χ4v) is 2.23. The molecular formula is C14H17N3O. The zero-order valence-electron chi connectivity index (χ0n) is 10.5. The van der Waals surface area contributed by atoms with E-state index in [1.54, 1.807) is 0 Å². The first-order valence-electron chi connectivity index (χ1n) is 6.44. The van der Waals surface area contributed by atoms with Crippen LogP contribution in [0.5, 0.6) is 0 Å². The van der Waals surface area contributed by atoms with Crippen LogP contribution in [0.3, 0.4) is 0 Å². The molecule has 4 nitrogen and oxygen atoms in total. The van der Waals surface area contributed by atoms with Gasteiger partial charge >= 0.3 is 0 Å². The smallest absolute Gasteiger partial charge is 0.164 e. The van der Waals surface area contributed by atoms with Crippen LogP contribution in [0.4, 0.5) is 0 Å². The minimum Gasteiger partial charge on any atom is -0.327 e. The lowest BCUT2D eigenvalue weighted by Gasteiger charge is -2.03. The van der Waals surface area contributed by atoms with Crippen molar-refractivity contribution in [2.75, 3.05) is 13.6 Å². The molecule has 94 valence electrons. The van der Waals surface area contributed by atoms with E-state index in [9.17, 15) is 4.79 Å². The molecule has 1 saturated carbocycles. The predicted octanol–water partition coefficient (Wildman–Crippen LogP) is 2.16. The van der Waals surface area contributed by atoms with E-state index in [0.717, 1.165) is 16.6 Å². The van der Waals surface area contributed by atoms with Crippen LogP contribution in [0.2, 0.25) is 0 Å². The van der Waals surface area contributed by atoms with Crippen molar-refractivity contribution in [1.82, 2.24) is 14.9 Å². The van der Waals surface area contributed by atoms with Crippen LogP contribution >= 0.6 is 0 Å². The number of rotatable bonds is 5. The van der Waals surface area contributed by atoms with E-state index in [2.05, 4.69) is 14.9 Å². The number of carbonyl (C=O) groups excluding carboxylic acids is 1. The zero-order chi connectivity index (χ0) is 12.5. The first-order chi connectivity index (χ1) is 8.79. The number of nitrogens with zero attached hydrogens (tertiary/aromatic N) is 2. The lowest BCUT2D eigenvalue weighted by atomic mass is 10.1. The molecule has 3 rings (SSSR count). The van der Waals surface area contributed by atoms with Gasteiger partial charge in [0.05, 0.1) is 17.4 Å². The molecule has 1 fully saturated rings. The Morgan fingerprint density at radius 1 is 1.50 bits per heavy atom. The Hall–Kier alpha value is -1.68. The predicted molar refractivity (Wildman–Crippen MR) is 70.9 cm³/mol. The number of ketones is 1. The molecule has 0 saturated heterocycles. The van der Waals surface area contributed by atoms with Crippen molar-refractivity contribution in [2.45, 2.75) is 25.3 Å². The van der Waals surface area contributed by atoms with Gasteiger partial charge in [-0.25, -0.2) is 4.98 Å². The minimum absolute atomic E-state index is 0.173. The molecular weight excluding hydrogens is 226 g/mol. The van der Waals surface area contributed by atoms with Gasteiger partial charge in [-0.05, 0) is 38.1 Å². The SMILES string of the molecule is CNCCC(=O)c1ccc2c(c1)ncn2C1CC1. The van der Waals surface area contributed by atoms with Crippen LogP contribution in [-0.4, -0.2) is 28.9 Å². The number of Topliss-reactive ketones (excluding diaryl/α,β-unsaturated/α-hetero) is 1. The number of imidazole rings is 1. The largest absolute Gasteiger partial charge is 0.327 e. The molecule has 1 aliphatic rings. The molecule has 0 radical (unpaired) electrons. The van der Waals surface area contributed by atoms with Crippen LogP contribution in [0.25, 0.3) is 11.0 Å². The summed E-state index contributed by atoms with van der Waals surface area (Å²) >= 11 is 0. The molecule has 2 aromatic rings. The fourth-order valence-electron chi connectivity index (χ4n) is 2.23. The Morgan fingerprint density at radius 3 is 3.06 bits per heavy atom. The second-order valence-corrected chi connectivity index (χ2v) is 4.86. The Balaban J connectivity index is 1.89. The summed E-state index contributed by atoms with van der Waals surface area (Å²) in [6.07, 6.45) is 4.91. The molecule has 0 amide bonds. The molecule has 1 heterocycles. The van der Waals surface area contributed by atoms with Crippen LogP contribution < -0.4 is 5.32 Å². The quantitative estimate of drug-likeness (QED) is 0.819. The van der Waals surface area contributed by atoms with Gasteiger partial charge in [-0.3, -0.25) is 4.79 Å². The molecule has 1 aliphatic carbocycles. The van der Waals surface area contributed by atoms with Crippen molar-refractivity contribution in [1.29, 1.82) is 0 Å². The summed E-state index contributed by atoms with van der Waals surface area (Å²) in [5.74, 6) is 0.173. The Morgan fingerprint density at radius 2 is 2.33 bits per heavy atom. The standard InChI is InChI=1S/C14H17N3O/c1-15-7-6-14(18)10-2-5-13-12(8-10)16-9-17(13)11-3-4-11/h2,5,8-9,11,15H,3-4,6-7H2,1H3. The molecule has 4 heteroatoms. The summed E-state index contributed by atoms with van der Waals surface area (Å²) < 4.78 is 2.22. The van der Waals surface area contributed by atoms with Gasteiger partial charge in [-0.1, -0.05) is 0 Å². The molecule has 1 aromatic heterocycles. The summed E-state index contributed by atoms with van der Waals surface area (Å²) in [4.78, 5) is 16.3. The van der Waals surface area contributed by atoms with Gasteiger partial charge in [0, 0.05) is 24.6 Å². The highest BCUT2D eigenvalue weighted by atomic mass is 16.1. The number of benzene rings is 1. The topological polar surface area (TPSA) is 46.9 Å². The van der Waals surface area contributed by atoms with E-state index in [0.29, 0.717) is 19.0 Å². The average Bonchev–Trinajstić information content (AvgIpc) is 3.15. The van der Waals surface area contributed by atoms with E-state index in [1.165, 1.54) is 12.8 Å². The van der Waals surface area contributed by atoms with Crippen molar-refractivity contribution < 1.29 is 4.79 Å². The number of hydrogen-bond acceptors (Lipinski definition) is 3. The average molecular weight is 243 g/mol. The van der Waals surface area contributed by atoms with E-state index in [-0.39, 0.29) is 5.78 Å². The molecule has 1 aromatic carbocycles. The normalized spacial score (nSPS) is 15.2. The number of aromatic nitrogens is 2. The third-order valence-corrected chi connectivity index (χ3v) is 3.44. The summed E-state index contributed by atoms with van der Waals surface area (Å²) in [6.45, 7) is 0.716. The Kier molecular flexibility index (Phi) is 2.88. The summed E-state index contributed by atoms with van der Waals surface area (Å²) in [5.41, 5.74) is 2.83. The second-order valence-electron chi connectivity index (χ2n) is 4.86. The van der Waals surface area contributed by atoms with Crippen LogP contribution in [0.1, 0.15) is 35.7 Å². The van der Waals surface area contributed by atoms with Gasteiger partial charge in [0.2, 0.25) is 0 Å². The van der Waals surface area contributed by atoms with E-state index >= 15 is 0 Å². The highest BCUT2D eigenvalue weighted by molar-refractivity contribution is 5.99. The molecule has 0 aliphatic heterocycles. The molecule has 0 atom stereocenters. The lowest BCUT2D eigenvalue weighted by molar-refractivity contribution is 0.0983. The molecule has 1 N–H and O–H groups in total. The third-order valence-electron chi connectivity index (χ3n) is 3.44. The van der Waals surface area contributed by atoms with E-state index in [1.807, 2.05) is 31.6 Å². The summed E-state index contributed by atoms with van der Waals surface area (Å²) in [7, 11) is 1.85. The van der Waals surface area contributed by atoms with E-state index in [4.69, 9.17) is 0 Å². The Labute approximate surface area is 106 Å². The highest BCUT2D eigenvalue weighted by Gasteiger charge is 2.24. The van der Waals surface area contributed by atoms with Crippen LogP contribution in [-0.2, 0) is 0 Å². The fraction of sp³-hybridized carbons (Fsp3) is 0.429. The molecule has 0 unspecified atom stereocenters. The van der Waals surface area contributed by atoms with Gasteiger partial charge in [0.25, 0.3) is 0 Å². The monoisotopic (exact) mass is 243 g/mol. The van der Waals surface area contributed by atoms with Gasteiger partial charge in [-0.15, -0.1) is 0 Å². The number of carbonyl (C=O) groups is 1. The summed E-state index contributed by atoms with van der Waals surface area (Å²) in [5, 5.41) is 2.99. The van der Waals surface area contributed by atoms with Gasteiger partial charge in [0.1, 0.15) is 0 Å². The number of nitrogens with one attached hydrogen (secondary N) is 1. The van der Waals surface area contributed by atoms with Crippen molar-refractivity contribution in [2.24, 2.45) is 0 Å². The maximum Gasteiger partial charge on any atom is 0.164 e. The van der Waals surface area contributed by atoms with E-state index < -0.39 is 0 Å². The number of hydrogen-bond donors (Lipinski definition) is 1. The minimum atomic E-state index is 0.173. The third kappa shape index (κ3) is 2.04. The highest BCUT2D eigenvalue weighted by Crippen LogP contribution is 2.37. The van der Waals surface area contributed by atoms with Crippen molar-refractivity contribution in [3.63, 3.8) is 0 Å². The molecule has 18 heavy (non-hydrogen) atoms. The number of fused-ring (bicyclic) bond motifs is 1. The molecule has 0 spiro atoms. The van der Waals surface area contributed by atoms with Crippen molar-refractivity contribution in [3.8, 4) is 0 Å². The zero-order valence-corrected chi connectivity index (χ0v) is 10.5. The van der Waals surface area contributed by atoms with Crippen LogP contribution in [0.15, 0.2) is 24.5 Å². The summed E-state index contributed by atoms with van der Waals surface area (Å²) in [6, 6.07) is 6.47. The first-order valence-corrected chi connectivity index (χ1v) is 6.44.